The predicted octanol–water partition coefficient (Wildman–Crippen LogP) is 6.39. The number of ether oxygens (including phenoxy) is 1. The number of nitrogens with one attached hydrogen (secondary N) is 1. The Morgan fingerprint density at radius 2 is 1.67 bits per heavy atom. The number of nitrogens with zero attached hydrogens (tertiary/aromatic N) is 3. The smallest absolute Gasteiger partial charge is 0.331 e. The maximum Gasteiger partial charge on any atom is 0.331 e. The maximum atomic E-state index is 13.5. The van der Waals surface area contributed by atoms with Crippen LogP contribution >= 0.6 is 11.3 Å². The number of carbonyl (C=O) groups is 2. The lowest BCUT2D eigenvalue weighted by Crippen LogP contribution is -2.29. The Morgan fingerprint density at radius 3 is 2.38 bits per heavy atom. The monoisotopic (exact) mass is 538 g/mol. The summed E-state index contributed by atoms with van der Waals surface area (Å²) in [4.78, 5) is 29.6. The van der Waals surface area contributed by atoms with Crippen molar-refractivity contribution in [1.82, 2.24) is 14.8 Å². The van der Waals surface area contributed by atoms with Gasteiger partial charge in [0.2, 0.25) is 0 Å². The summed E-state index contributed by atoms with van der Waals surface area (Å²) in [7, 11) is 0. The Bertz CT molecular complexity index is 1610. The average Bonchev–Trinajstić information content (AvgIpc) is 3.61. The summed E-state index contributed by atoms with van der Waals surface area (Å²) >= 11 is 1.29. The van der Waals surface area contributed by atoms with E-state index in [4.69, 9.17) is 4.74 Å². The molecule has 1 amide bonds. The first kappa shape index (κ1) is 25.7. The first-order chi connectivity index (χ1) is 19.0. The fourth-order valence-electron chi connectivity index (χ4n) is 3.76. The summed E-state index contributed by atoms with van der Waals surface area (Å²) in [5.41, 5.74) is 4.38. The van der Waals surface area contributed by atoms with E-state index >= 15 is 0 Å². The molecule has 0 saturated heterocycles. The van der Waals surface area contributed by atoms with Crippen molar-refractivity contribution < 1.29 is 18.7 Å². The minimum Gasteiger partial charge on any atom is -0.449 e. The molecular formula is C30H23FN4O3S. The van der Waals surface area contributed by atoms with Gasteiger partial charge in [-0.15, -0.1) is 11.3 Å². The molecule has 5 rings (SSSR count). The lowest BCUT2D eigenvalue weighted by atomic mass is 10.1. The number of rotatable bonds is 8. The third-order valence-electron chi connectivity index (χ3n) is 5.75. The lowest BCUT2D eigenvalue weighted by molar-refractivity contribution is -0.148. The molecule has 0 bridgehead atoms. The number of carbonyl (C=O) groups excluding carboxylic acids is 2. The van der Waals surface area contributed by atoms with Gasteiger partial charge in [-0.25, -0.2) is 18.9 Å². The molecule has 0 saturated carbocycles. The van der Waals surface area contributed by atoms with Gasteiger partial charge in [0, 0.05) is 34.3 Å². The number of halogens is 1. The van der Waals surface area contributed by atoms with Gasteiger partial charge in [-0.1, -0.05) is 48.5 Å². The van der Waals surface area contributed by atoms with Crippen LogP contribution in [0.4, 0.5) is 9.52 Å². The second kappa shape index (κ2) is 11.7. The molecule has 1 N–H and O–H groups in total. The zero-order valence-electron chi connectivity index (χ0n) is 20.8. The van der Waals surface area contributed by atoms with Crippen molar-refractivity contribution in [2.45, 2.75) is 13.0 Å². The molecule has 0 aliphatic rings. The Balaban J connectivity index is 1.27. The van der Waals surface area contributed by atoms with E-state index in [0.717, 1.165) is 16.9 Å². The molecule has 2 heterocycles. The quantitative estimate of drug-likeness (QED) is 0.183. The summed E-state index contributed by atoms with van der Waals surface area (Å²) in [6.07, 6.45) is 3.51. The van der Waals surface area contributed by atoms with Crippen LogP contribution in [0.2, 0.25) is 0 Å². The van der Waals surface area contributed by atoms with Crippen LogP contribution in [0.25, 0.3) is 34.3 Å². The van der Waals surface area contributed by atoms with Crippen LogP contribution in [0.1, 0.15) is 12.5 Å². The van der Waals surface area contributed by atoms with E-state index < -0.39 is 18.0 Å². The number of benzene rings is 3. The number of hydrogen-bond donors (Lipinski definition) is 1. The molecule has 0 radical (unpaired) electrons. The van der Waals surface area contributed by atoms with Gasteiger partial charge in [0.15, 0.2) is 11.2 Å². The number of esters is 1. The van der Waals surface area contributed by atoms with Gasteiger partial charge in [-0.05, 0) is 49.4 Å². The zero-order chi connectivity index (χ0) is 27.2. The van der Waals surface area contributed by atoms with Gasteiger partial charge in [-0.3, -0.25) is 10.1 Å². The van der Waals surface area contributed by atoms with Crippen molar-refractivity contribution in [3.63, 3.8) is 0 Å². The number of thiazole rings is 1. The fourth-order valence-corrected chi connectivity index (χ4v) is 4.48. The Morgan fingerprint density at radius 1 is 0.974 bits per heavy atom. The van der Waals surface area contributed by atoms with Crippen LogP contribution in [0.5, 0.6) is 0 Å². The van der Waals surface area contributed by atoms with E-state index in [1.807, 2.05) is 66.0 Å². The maximum absolute atomic E-state index is 13.5. The predicted molar refractivity (Wildman–Crippen MR) is 150 cm³/mol. The van der Waals surface area contributed by atoms with Crippen molar-refractivity contribution in [1.29, 1.82) is 0 Å². The topological polar surface area (TPSA) is 86.1 Å². The normalized spacial score (nSPS) is 11.8. The van der Waals surface area contributed by atoms with E-state index in [0.29, 0.717) is 22.0 Å². The Hall–Kier alpha value is -4.89. The van der Waals surface area contributed by atoms with Crippen LogP contribution in [0, 0.1) is 5.82 Å². The van der Waals surface area contributed by atoms with Gasteiger partial charge >= 0.3 is 5.97 Å². The highest BCUT2D eigenvalue weighted by molar-refractivity contribution is 7.14. The molecule has 9 heteroatoms. The molecule has 0 aliphatic heterocycles. The summed E-state index contributed by atoms with van der Waals surface area (Å²) in [6.45, 7) is 1.49. The Labute approximate surface area is 228 Å². The molecule has 0 spiro atoms. The van der Waals surface area contributed by atoms with Crippen molar-refractivity contribution >= 4 is 34.4 Å². The largest absolute Gasteiger partial charge is 0.449 e. The van der Waals surface area contributed by atoms with Crippen molar-refractivity contribution in [2.75, 3.05) is 5.32 Å². The number of anilines is 1. The van der Waals surface area contributed by atoms with Crippen LogP contribution in [-0.2, 0) is 14.3 Å². The second-order valence-corrected chi connectivity index (χ2v) is 9.38. The molecule has 7 nitrogen and oxygen atoms in total. The van der Waals surface area contributed by atoms with Crippen LogP contribution in [0.3, 0.4) is 0 Å². The number of hydrogen-bond acceptors (Lipinski definition) is 6. The van der Waals surface area contributed by atoms with Gasteiger partial charge in [0.1, 0.15) is 5.82 Å². The van der Waals surface area contributed by atoms with Crippen molar-refractivity contribution in [3.8, 4) is 28.2 Å². The summed E-state index contributed by atoms with van der Waals surface area (Å²) in [5.74, 6) is -1.54. The van der Waals surface area contributed by atoms with Crippen LogP contribution in [0.15, 0.2) is 103 Å². The number of aromatic nitrogens is 3. The minimum absolute atomic E-state index is 0.358. The third kappa shape index (κ3) is 6.34. The molecule has 3 aromatic carbocycles. The molecule has 5 aromatic rings. The summed E-state index contributed by atoms with van der Waals surface area (Å²) in [6, 6.07) is 25.0. The van der Waals surface area contributed by atoms with E-state index in [9.17, 15) is 14.0 Å². The van der Waals surface area contributed by atoms with Gasteiger partial charge in [0.25, 0.3) is 5.91 Å². The summed E-state index contributed by atoms with van der Waals surface area (Å²) < 4.78 is 20.5. The van der Waals surface area contributed by atoms with Gasteiger partial charge in [0.05, 0.1) is 17.1 Å². The molecular weight excluding hydrogens is 515 g/mol. The van der Waals surface area contributed by atoms with Gasteiger partial charge < -0.3 is 4.74 Å². The first-order valence-corrected chi connectivity index (χ1v) is 13.0. The highest BCUT2D eigenvalue weighted by Gasteiger charge is 2.19. The molecule has 1 unspecified atom stereocenters. The molecule has 1 atom stereocenters. The van der Waals surface area contributed by atoms with Gasteiger partial charge in [-0.2, -0.15) is 5.10 Å². The van der Waals surface area contributed by atoms with Crippen molar-refractivity contribution in [2.24, 2.45) is 0 Å². The standard InChI is InChI=1S/C30H23FN4O3S/c1-20(29(37)33-30-32-26(19-39-30)21-8-4-2-5-9-21)38-27(36)17-14-23-18-35(25-10-6-3-7-11-25)34-28(23)22-12-15-24(31)16-13-22/h2-20H,1H3,(H,32,33,37). The number of para-hydroxylation sites is 1. The van der Waals surface area contributed by atoms with Crippen LogP contribution in [-0.4, -0.2) is 32.7 Å². The first-order valence-electron chi connectivity index (χ1n) is 12.1. The molecule has 2 aromatic heterocycles. The minimum atomic E-state index is -1.05. The van der Waals surface area contributed by atoms with E-state index in [-0.39, 0.29) is 5.82 Å². The average molecular weight is 539 g/mol. The van der Waals surface area contributed by atoms with E-state index in [1.165, 1.54) is 36.5 Å². The van der Waals surface area contributed by atoms with Crippen LogP contribution < -0.4 is 5.32 Å². The highest BCUT2D eigenvalue weighted by Crippen LogP contribution is 2.26. The fraction of sp³-hybridized carbons (Fsp3) is 0.0667. The lowest BCUT2D eigenvalue weighted by Gasteiger charge is -2.10. The number of amides is 1. The van der Waals surface area contributed by atoms with E-state index in [1.54, 1.807) is 29.1 Å². The SMILES string of the molecule is CC(OC(=O)C=Cc1cn(-c2ccccc2)nc1-c1ccc(F)cc1)C(=O)Nc1nc(-c2ccccc2)cs1. The Kier molecular flexibility index (Phi) is 7.70. The molecule has 39 heavy (non-hydrogen) atoms. The third-order valence-corrected chi connectivity index (χ3v) is 6.50. The highest BCUT2D eigenvalue weighted by atomic mass is 32.1. The second-order valence-electron chi connectivity index (χ2n) is 8.53. The molecule has 0 fully saturated rings. The summed E-state index contributed by atoms with van der Waals surface area (Å²) in [5, 5.41) is 9.59. The molecule has 194 valence electrons. The molecule has 0 aliphatic carbocycles. The zero-order valence-corrected chi connectivity index (χ0v) is 21.6. The van der Waals surface area contributed by atoms with Crippen molar-refractivity contribution in [3.05, 3.63) is 114 Å². The van der Waals surface area contributed by atoms with E-state index in [2.05, 4.69) is 15.4 Å².